The van der Waals surface area contributed by atoms with Crippen LogP contribution in [0.2, 0.25) is 0 Å². The quantitative estimate of drug-likeness (QED) is 0.449. The number of hydrogen-bond donors (Lipinski definition) is 3. The fraction of sp³-hybridized carbons (Fsp3) is 0.833. The second-order valence-electron chi connectivity index (χ2n) is 11.3. The molecular weight excluding hydrogens is 426 g/mol. The van der Waals surface area contributed by atoms with Gasteiger partial charge < -0.3 is 25.4 Å². The zero-order chi connectivity index (χ0) is 24.4. The van der Waals surface area contributed by atoms with Crippen LogP contribution in [0.15, 0.2) is 0 Å². The predicted octanol–water partition coefficient (Wildman–Crippen LogP) is 2.36. The number of ketones is 1. The van der Waals surface area contributed by atoms with E-state index < -0.39 is 40.9 Å². The molecule has 33 heavy (non-hydrogen) atoms. The third kappa shape index (κ3) is 6.68. The molecule has 0 aromatic carbocycles. The SMILES string of the molecule is COC1CC(NC(=O)[C@H](CC2(C)CCCC2)NC(=O)OC(C)(C)C)(C(=O)C(=O)NC2CC2)C1. The molecule has 0 heterocycles. The highest BCUT2D eigenvalue weighted by Gasteiger charge is 2.55. The van der Waals surface area contributed by atoms with Crippen molar-refractivity contribution in [2.24, 2.45) is 5.41 Å². The lowest BCUT2D eigenvalue weighted by Gasteiger charge is -2.46. The summed E-state index contributed by atoms with van der Waals surface area (Å²) in [6.07, 6.45) is 5.80. The number of amides is 3. The van der Waals surface area contributed by atoms with Crippen LogP contribution >= 0.6 is 0 Å². The van der Waals surface area contributed by atoms with E-state index in [2.05, 4.69) is 22.9 Å². The van der Waals surface area contributed by atoms with Crippen molar-refractivity contribution in [2.75, 3.05) is 7.11 Å². The number of Topliss-reactive ketones (excluding diaryl/α,β-unsaturated/α-hetero) is 1. The zero-order valence-corrected chi connectivity index (χ0v) is 20.5. The van der Waals surface area contributed by atoms with E-state index in [1.807, 2.05) is 0 Å². The van der Waals surface area contributed by atoms with Crippen molar-refractivity contribution in [1.82, 2.24) is 16.0 Å². The van der Waals surface area contributed by atoms with Gasteiger partial charge in [-0.05, 0) is 58.3 Å². The van der Waals surface area contributed by atoms with Crippen molar-refractivity contribution >= 4 is 23.7 Å². The highest BCUT2D eigenvalue weighted by Crippen LogP contribution is 2.42. The summed E-state index contributed by atoms with van der Waals surface area (Å²) in [5.41, 5.74) is -2.12. The van der Waals surface area contributed by atoms with E-state index in [9.17, 15) is 19.2 Å². The van der Waals surface area contributed by atoms with Gasteiger partial charge >= 0.3 is 6.09 Å². The summed E-state index contributed by atoms with van der Waals surface area (Å²) < 4.78 is 10.7. The third-order valence-electron chi connectivity index (χ3n) is 6.92. The number of alkyl carbamates (subject to hydrolysis) is 1. The second-order valence-corrected chi connectivity index (χ2v) is 11.3. The summed E-state index contributed by atoms with van der Waals surface area (Å²) >= 11 is 0. The Morgan fingerprint density at radius 1 is 1.06 bits per heavy atom. The van der Waals surface area contributed by atoms with Crippen molar-refractivity contribution in [3.8, 4) is 0 Å². The minimum absolute atomic E-state index is 0.0383. The number of hydrogen-bond acceptors (Lipinski definition) is 6. The molecule has 3 rings (SSSR count). The van der Waals surface area contributed by atoms with Crippen molar-refractivity contribution in [1.29, 1.82) is 0 Å². The molecule has 3 aliphatic rings. The van der Waals surface area contributed by atoms with Crippen LogP contribution < -0.4 is 16.0 Å². The number of carbonyl (C=O) groups is 4. The molecule has 0 aromatic rings. The molecule has 3 aliphatic carbocycles. The Bertz CT molecular complexity index is 774. The van der Waals surface area contributed by atoms with Crippen LogP contribution in [0.25, 0.3) is 0 Å². The molecule has 3 fully saturated rings. The summed E-state index contributed by atoms with van der Waals surface area (Å²) in [6.45, 7) is 7.38. The van der Waals surface area contributed by atoms with E-state index in [1.165, 1.54) is 0 Å². The number of rotatable bonds is 9. The average Bonchev–Trinajstić information content (AvgIpc) is 3.39. The lowest BCUT2D eigenvalue weighted by atomic mass is 9.70. The Balaban J connectivity index is 1.74. The van der Waals surface area contributed by atoms with Gasteiger partial charge in [0, 0.05) is 26.0 Å². The van der Waals surface area contributed by atoms with Gasteiger partial charge in [0.25, 0.3) is 5.91 Å². The minimum Gasteiger partial charge on any atom is -0.444 e. The molecule has 3 amide bonds. The van der Waals surface area contributed by atoms with Gasteiger partial charge in [-0.3, -0.25) is 14.4 Å². The van der Waals surface area contributed by atoms with Crippen LogP contribution in [0.1, 0.15) is 85.5 Å². The second kappa shape index (κ2) is 9.60. The van der Waals surface area contributed by atoms with Crippen molar-refractivity contribution in [3.63, 3.8) is 0 Å². The monoisotopic (exact) mass is 465 g/mol. The van der Waals surface area contributed by atoms with Gasteiger partial charge in [0.05, 0.1) is 6.10 Å². The Morgan fingerprint density at radius 2 is 1.67 bits per heavy atom. The molecule has 0 bridgehead atoms. The lowest BCUT2D eigenvalue weighted by molar-refractivity contribution is -0.151. The topological polar surface area (TPSA) is 123 Å². The molecule has 0 saturated heterocycles. The van der Waals surface area contributed by atoms with Gasteiger partial charge in [0.1, 0.15) is 17.2 Å². The Kier molecular flexibility index (Phi) is 7.41. The molecule has 186 valence electrons. The molecule has 0 aliphatic heterocycles. The molecule has 0 radical (unpaired) electrons. The Morgan fingerprint density at radius 3 is 2.18 bits per heavy atom. The van der Waals surface area contributed by atoms with E-state index in [-0.39, 0.29) is 30.4 Å². The van der Waals surface area contributed by atoms with Gasteiger partial charge in [-0.1, -0.05) is 19.8 Å². The maximum absolute atomic E-state index is 13.4. The molecule has 3 N–H and O–H groups in total. The average molecular weight is 466 g/mol. The first-order valence-corrected chi connectivity index (χ1v) is 12.0. The maximum Gasteiger partial charge on any atom is 0.408 e. The van der Waals surface area contributed by atoms with E-state index in [0.29, 0.717) is 6.42 Å². The third-order valence-corrected chi connectivity index (χ3v) is 6.92. The summed E-state index contributed by atoms with van der Waals surface area (Å²) in [5, 5.41) is 8.26. The Labute approximate surface area is 196 Å². The maximum atomic E-state index is 13.4. The highest BCUT2D eigenvalue weighted by molar-refractivity contribution is 6.40. The van der Waals surface area contributed by atoms with Crippen molar-refractivity contribution < 1.29 is 28.7 Å². The normalized spacial score (nSPS) is 27.1. The summed E-state index contributed by atoms with van der Waals surface area (Å²) in [6, 6.07) is -0.836. The fourth-order valence-electron chi connectivity index (χ4n) is 4.83. The van der Waals surface area contributed by atoms with Gasteiger partial charge in [-0.2, -0.15) is 0 Å². The molecule has 0 aromatic heterocycles. The smallest absolute Gasteiger partial charge is 0.408 e. The molecule has 3 saturated carbocycles. The predicted molar refractivity (Wildman–Crippen MR) is 121 cm³/mol. The molecule has 0 spiro atoms. The molecule has 9 nitrogen and oxygen atoms in total. The molecule has 9 heteroatoms. The summed E-state index contributed by atoms with van der Waals surface area (Å²) in [4.78, 5) is 51.5. The summed E-state index contributed by atoms with van der Waals surface area (Å²) in [5.74, 6) is -1.80. The van der Waals surface area contributed by atoms with Crippen molar-refractivity contribution in [3.05, 3.63) is 0 Å². The van der Waals surface area contributed by atoms with Gasteiger partial charge in [-0.25, -0.2) is 4.79 Å². The fourth-order valence-corrected chi connectivity index (χ4v) is 4.83. The standard InChI is InChI=1S/C24H39N3O6/c1-22(2,3)33-21(31)26-17(14-23(4)10-6-7-11-23)19(29)27-24(12-16(13-24)32-5)18(28)20(30)25-15-8-9-15/h15-17H,6-14H2,1-5H3,(H,25,30)(H,26,31)(H,27,29)/t16?,17-,24?/m0/s1. The van der Waals surface area contributed by atoms with E-state index in [1.54, 1.807) is 27.9 Å². The number of nitrogens with one attached hydrogen (secondary N) is 3. The zero-order valence-electron chi connectivity index (χ0n) is 20.5. The first-order valence-electron chi connectivity index (χ1n) is 12.0. The highest BCUT2D eigenvalue weighted by atomic mass is 16.6. The van der Waals surface area contributed by atoms with Crippen LogP contribution in [-0.4, -0.2) is 60.1 Å². The van der Waals surface area contributed by atoms with Crippen LogP contribution in [0.3, 0.4) is 0 Å². The van der Waals surface area contributed by atoms with Crippen LogP contribution in [0.5, 0.6) is 0 Å². The van der Waals surface area contributed by atoms with E-state index in [4.69, 9.17) is 9.47 Å². The summed E-state index contributed by atoms with van der Waals surface area (Å²) in [7, 11) is 1.54. The first kappa shape index (κ1) is 25.5. The number of ether oxygens (including phenoxy) is 2. The minimum atomic E-state index is -1.32. The Hall–Kier alpha value is -2.16. The largest absolute Gasteiger partial charge is 0.444 e. The van der Waals surface area contributed by atoms with Crippen LogP contribution in [-0.2, 0) is 23.9 Å². The molecule has 1 atom stereocenters. The van der Waals surface area contributed by atoms with Crippen molar-refractivity contribution in [2.45, 2.75) is 115 Å². The van der Waals surface area contributed by atoms with Crippen LogP contribution in [0, 0.1) is 5.41 Å². The van der Waals surface area contributed by atoms with Gasteiger partial charge in [-0.15, -0.1) is 0 Å². The van der Waals surface area contributed by atoms with Gasteiger partial charge in [0.15, 0.2) is 0 Å². The van der Waals surface area contributed by atoms with E-state index in [0.717, 1.165) is 38.5 Å². The van der Waals surface area contributed by atoms with Gasteiger partial charge in [0.2, 0.25) is 11.7 Å². The molecular formula is C24H39N3O6. The lowest BCUT2D eigenvalue weighted by Crippen LogP contribution is -2.69. The first-order chi connectivity index (χ1) is 15.3. The molecule has 0 unspecified atom stereocenters. The number of carbonyl (C=O) groups excluding carboxylic acids is 4. The van der Waals surface area contributed by atoms with E-state index >= 15 is 0 Å². The number of methoxy groups -OCH3 is 1. The van der Waals surface area contributed by atoms with Crippen LogP contribution in [0.4, 0.5) is 4.79 Å².